The molecule has 0 saturated heterocycles. The SMILES string of the molecule is CC(c1ccccc1Cl)N(C)c1ccc(Cl)c(C(=O)O)n1. The molecule has 6 heteroatoms. The van der Waals surface area contributed by atoms with Crippen molar-refractivity contribution in [2.75, 3.05) is 11.9 Å². The van der Waals surface area contributed by atoms with E-state index in [1.807, 2.05) is 43.1 Å². The highest BCUT2D eigenvalue weighted by Gasteiger charge is 2.18. The number of hydrogen-bond donors (Lipinski definition) is 1. The molecular weight excluding hydrogens is 311 g/mol. The van der Waals surface area contributed by atoms with Gasteiger partial charge in [0.25, 0.3) is 0 Å². The molecule has 1 aromatic carbocycles. The van der Waals surface area contributed by atoms with Gasteiger partial charge >= 0.3 is 5.97 Å². The molecule has 110 valence electrons. The van der Waals surface area contributed by atoms with Gasteiger partial charge < -0.3 is 10.0 Å². The van der Waals surface area contributed by atoms with Crippen LogP contribution in [0.1, 0.15) is 29.0 Å². The van der Waals surface area contributed by atoms with E-state index >= 15 is 0 Å². The van der Waals surface area contributed by atoms with Gasteiger partial charge in [-0.3, -0.25) is 0 Å². The van der Waals surface area contributed by atoms with Gasteiger partial charge in [-0.15, -0.1) is 0 Å². The average Bonchev–Trinajstić information content (AvgIpc) is 2.46. The highest BCUT2D eigenvalue weighted by Crippen LogP contribution is 2.30. The first-order chi connectivity index (χ1) is 9.91. The number of anilines is 1. The van der Waals surface area contributed by atoms with E-state index < -0.39 is 5.97 Å². The number of carboxylic acid groups (broad SMARTS) is 1. The smallest absolute Gasteiger partial charge is 0.356 e. The van der Waals surface area contributed by atoms with E-state index in [9.17, 15) is 4.79 Å². The summed E-state index contributed by atoms with van der Waals surface area (Å²) in [5.41, 5.74) is 0.780. The summed E-state index contributed by atoms with van der Waals surface area (Å²) in [6, 6.07) is 10.7. The Hall–Kier alpha value is -1.78. The molecule has 1 aromatic heterocycles. The minimum absolute atomic E-state index is 0.0611. The molecule has 0 aliphatic rings. The quantitative estimate of drug-likeness (QED) is 0.911. The second kappa shape index (κ2) is 6.33. The fourth-order valence-electron chi connectivity index (χ4n) is 2.00. The number of hydrogen-bond acceptors (Lipinski definition) is 3. The Labute approximate surface area is 132 Å². The van der Waals surface area contributed by atoms with Crippen LogP contribution in [0.25, 0.3) is 0 Å². The van der Waals surface area contributed by atoms with Crippen molar-refractivity contribution in [2.24, 2.45) is 0 Å². The van der Waals surface area contributed by atoms with E-state index in [0.29, 0.717) is 10.8 Å². The molecule has 2 rings (SSSR count). The largest absolute Gasteiger partial charge is 0.476 e. The Kier molecular flexibility index (Phi) is 4.70. The van der Waals surface area contributed by atoms with Crippen molar-refractivity contribution in [1.82, 2.24) is 4.98 Å². The van der Waals surface area contributed by atoms with Gasteiger partial charge in [-0.05, 0) is 30.7 Å². The molecule has 1 heterocycles. The van der Waals surface area contributed by atoms with Crippen LogP contribution < -0.4 is 4.90 Å². The molecule has 21 heavy (non-hydrogen) atoms. The van der Waals surface area contributed by atoms with E-state index in [2.05, 4.69) is 4.98 Å². The number of nitrogens with zero attached hydrogens (tertiary/aromatic N) is 2. The van der Waals surface area contributed by atoms with Crippen LogP contribution in [0.3, 0.4) is 0 Å². The monoisotopic (exact) mass is 324 g/mol. The number of halogens is 2. The molecule has 4 nitrogen and oxygen atoms in total. The fraction of sp³-hybridized carbons (Fsp3) is 0.200. The van der Waals surface area contributed by atoms with E-state index in [1.54, 1.807) is 6.07 Å². The number of aromatic carboxylic acids is 1. The molecule has 0 fully saturated rings. The Morgan fingerprint density at radius 3 is 2.48 bits per heavy atom. The number of aromatic nitrogens is 1. The normalized spacial score (nSPS) is 12.0. The molecule has 1 atom stereocenters. The van der Waals surface area contributed by atoms with E-state index in [4.69, 9.17) is 28.3 Å². The van der Waals surface area contributed by atoms with Gasteiger partial charge in [-0.2, -0.15) is 0 Å². The lowest BCUT2D eigenvalue weighted by Crippen LogP contribution is -2.23. The van der Waals surface area contributed by atoms with Crippen molar-refractivity contribution < 1.29 is 9.90 Å². The lowest BCUT2D eigenvalue weighted by atomic mass is 10.1. The van der Waals surface area contributed by atoms with E-state index in [1.165, 1.54) is 6.07 Å². The van der Waals surface area contributed by atoms with Crippen molar-refractivity contribution in [3.8, 4) is 0 Å². The second-order valence-corrected chi connectivity index (χ2v) is 5.43. The topological polar surface area (TPSA) is 53.4 Å². The Morgan fingerprint density at radius 2 is 1.86 bits per heavy atom. The molecule has 0 bridgehead atoms. The lowest BCUT2D eigenvalue weighted by Gasteiger charge is -2.27. The molecule has 0 amide bonds. The summed E-state index contributed by atoms with van der Waals surface area (Å²) < 4.78 is 0. The predicted octanol–water partition coefficient (Wildman–Crippen LogP) is 4.28. The molecule has 0 radical (unpaired) electrons. The van der Waals surface area contributed by atoms with E-state index in [-0.39, 0.29) is 16.8 Å². The average molecular weight is 325 g/mol. The van der Waals surface area contributed by atoms with Crippen LogP contribution in [-0.4, -0.2) is 23.1 Å². The zero-order valence-electron chi connectivity index (χ0n) is 11.5. The molecule has 1 unspecified atom stereocenters. The Bertz CT molecular complexity index is 676. The van der Waals surface area contributed by atoms with Gasteiger partial charge in [0, 0.05) is 12.1 Å². The maximum absolute atomic E-state index is 11.1. The molecule has 2 aromatic rings. The number of rotatable bonds is 4. The minimum Gasteiger partial charge on any atom is -0.476 e. The van der Waals surface area contributed by atoms with Crippen LogP contribution >= 0.6 is 23.2 Å². The van der Waals surface area contributed by atoms with Crippen molar-refractivity contribution in [2.45, 2.75) is 13.0 Å². The van der Waals surface area contributed by atoms with Gasteiger partial charge in [0.15, 0.2) is 5.69 Å². The first kappa shape index (κ1) is 15.6. The summed E-state index contributed by atoms with van der Waals surface area (Å²) >= 11 is 12.0. The summed E-state index contributed by atoms with van der Waals surface area (Å²) in [4.78, 5) is 17.1. The van der Waals surface area contributed by atoms with E-state index in [0.717, 1.165) is 5.56 Å². The van der Waals surface area contributed by atoms with Crippen LogP contribution in [0.2, 0.25) is 10.0 Å². The fourth-order valence-corrected chi connectivity index (χ4v) is 2.48. The van der Waals surface area contributed by atoms with Crippen molar-refractivity contribution in [1.29, 1.82) is 0 Å². The molecule has 0 spiro atoms. The third-order valence-corrected chi connectivity index (χ3v) is 3.98. The number of carbonyl (C=O) groups is 1. The van der Waals surface area contributed by atoms with Crippen molar-refractivity contribution in [3.63, 3.8) is 0 Å². The molecule has 0 aliphatic carbocycles. The zero-order valence-corrected chi connectivity index (χ0v) is 13.1. The third-order valence-electron chi connectivity index (χ3n) is 3.33. The second-order valence-electron chi connectivity index (χ2n) is 4.61. The van der Waals surface area contributed by atoms with Crippen LogP contribution in [0.15, 0.2) is 36.4 Å². The molecule has 0 saturated carbocycles. The predicted molar refractivity (Wildman–Crippen MR) is 84.5 cm³/mol. The third kappa shape index (κ3) is 3.28. The van der Waals surface area contributed by atoms with Crippen molar-refractivity contribution in [3.05, 3.63) is 57.7 Å². The summed E-state index contributed by atoms with van der Waals surface area (Å²) in [7, 11) is 1.83. The summed E-state index contributed by atoms with van der Waals surface area (Å²) in [6.07, 6.45) is 0. The van der Waals surface area contributed by atoms with Crippen LogP contribution in [-0.2, 0) is 0 Å². The van der Waals surface area contributed by atoms with Gasteiger partial charge in [-0.1, -0.05) is 41.4 Å². The maximum atomic E-state index is 11.1. The summed E-state index contributed by atoms with van der Waals surface area (Å²) in [6.45, 7) is 1.97. The minimum atomic E-state index is -1.15. The summed E-state index contributed by atoms with van der Waals surface area (Å²) in [5, 5.41) is 9.86. The molecular formula is C15H14Cl2N2O2. The lowest BCUT2D eigenvalue weighted by molar-refractivity contribution is 0.0691. The van der Waals surface area contributed by atoms with Crippen LogP contribution in [0.4, 0.5) is 5.82 Å². The van der Waals surface area contributed by atoms with Gasteiger partial charge in [0.05, 0.1) is 11.1 Å². The molecule has 1 N–H and O–H groups in total. The summed E-state index contributed by atoms with van der Waals surface area (Å²) in [5.74, 6) is -0.634. The maximum Gasteiger partial charge on any atom is 0.356 e. The number of carboxylic acids is 1. The van der Waals surface area contributed by atoms with Gasteiger partial charge in [0.1, 0.15) is 5.82 Å². The van der Waals surface area contributed by atoms with Crippen LogP contribution in [0, 0.1) is 0 Å². The zero-order chi connectivity index (χ0) is 15.6. The van der Waals surface area contributed by atoms with Gasteiger partial charge in [0.2, 0.25) is 0 Å². The Balaban J connectivity index is 2.36. The number of pyridine rings is 1. The Morgan fingerprint density at radius 1 is 1.19 bits per heavy atom. The highest BCUT2D eigenvalue weighted by molar-refractivity contribution is 6.33. The first-order valence-corrected chi connectivity index (χ1v) is 7.04. The molecule has 0 aliphatic heterocycles. The highest BCUT2D eigenvalue weighted by atomic mass is 35.5. The van der Waals surface area contributed by atoms with Crippen molar-refractivity contribution >= 4 is 35.0 Å². The first-order valence-electron chi connectivity index (χ1n) is 6.29. The number of benzene rings is 1. The van der Waals surface area contributed by atoms with Crippen LogP contribution in [0.5, 0.6) is 0 Å². The van der Waals surface area contributed by atoms with Gasteiger partial charge in [-0.25, -0.2) is 9.78 Å². The standard InChI is InChI=1S/C15H14Cl2N2O2/c1-9(10-5-3-4-6-11(10)16)19(2)13-8-7-12(17)14(18-13)15(20)21/h3-9H,1-2H3,(H,20,21).